The summed E-state index contributed by atoms with van der Waals surface area (Å²) in [6.45, 7) is 4.89. The largest absolute Gasteiger partial charge is 0.573 e. The van der Waals surface area contributed by atoms with Crippen molar-refractivity contribution in [2.45, 2.75) is 44.6 Å². The molecule has 2 aromatic rings. The van der Waals surface area contributed by atoms with Gasteiger partial charge in [-0.25, -0.2) is 13.2 Å². The highest BCUT2D eigenvalue weighted by Crippen LogP contribution is 2.27. The second-order valence-corrected chi connectivity index (χ2v) is 9.36. The number of hydrogen-bond donors (Lipinski definition) is 1. The number of benzene rings is 2. The molecular formula is C22H26F3NO7S. The van der Waals surface area contributed by atoms with E-state index in [1.54, 1.807) is 39.0 Å². The van der Waals surface area contributed by atoms with Gasteiger partial charge in [0.1, 0.15) is 23.4 Å². The van der Waals surface area contributed by atoms with E-state index in [4.69, 9.17) is 14.6 Å². The molecule has 0 amide bonds. The molecular weight excluding hydrogens is 479 g/mol. The van der Waals surface area contributed by atoms with Crippen LogP contribution in [0.25, 0.3) is 0 Å². The molecule has 2 aromatic carbocycles. The molecule has 0 heterocycles. The van der Waals surface area contributed by atoms with Crippen molar-refractivity contribution < 1.29 is 45.7 Å². The van der Waals surface area contributed by atoms with Gasteiger partial charge in [-0.3, -0.25) is 0 Å². The summed E-state index contributed by atoms with van der Waals surface area (Å²) >= 11 is 0. The van der Waals surface area contributed by atoms with E-state index >= 15 is 0 Å². The Morgan fingerprint density at radius 3 is 2.26 bits per heavy atom. The summed E-state index contributed by atoms with van der Waals surface area (Å²) in [5.74, 6) is -0.796. The van der Waals surface area contributed by atoms with Crippen molar-refractivity contribution in [1.82, 2.24) is 4.31 Å². The van der Waals surface area contributed by atoms with Gasteiger partial charge in [-0.1, -0.05) is 6.92 Å². The number of aliphatic carboxylic acids is 1. The van der Waals surface area contributed by atoms with Gasteiger partial charge in [-0.2, -0.15) is 4.31 Å². The van der Waals surface area contributed by atoms with Crippen molar-refractivity contribution in [1.29, 1.82) is 0 Å². The van der Waals surface area contributed by atoms with Crippen LogP contribution in [0.15, 0.2) is 47.4 Å². The molecule has 2 rings (SSSR count). The van der Waals surface area contributed by atoms with Crippen LogP contribution in [-0.2, 0) is 14.8 Å². The zero-order valence-corrected chi connectivity index (χ0v) is 19.6. The second-order valence-electron chi connectivity index (χ2n) is 7.42. The minimum Gasteiger partial charge on any atom is -0.489 e. The molecule has 188 valence electrons. The second kappa shape index (κ2) is 11.4. The molecule has 0 aliphatic rings. The maximum absolute atomic E-state index is 13.1. The highest BCUT2D eigenvalue weighted by atomic mass is 32.2. The molecule has 0 saturated carbocycles. The molecule has 8 nitrogen and oxygen atoms in total. The Morgan fingerprint density at radius 1 is 1.12 bits per heavy atom. The average Bonchev–Trinajstić information content (AvgIpc) is 2.72. The first-order valence-electron chi connectivity index (χ1n) is 10.3. The summed E-state index contributed by atoms with van der Waals surface area (Å²) in [5, 5.41) is 8.72. The molecule has 0 saturated heterocycles. The predicted octanol–water partition coefficient (Wildman–Crippen LogP) is 4.23. The van der Waals surface area contributed by atoms with Crippen LogP contribution in [0.4, 0.5) is 13.2 Å². The Balaban J connectivity index is 2.11. The quantitative estimate of drug-likeness (QED) is 0.461. The number of sulfonamides is 1. The number of halogens is 3. The molecule has 0 radical (unpaired) electrons. The molecule has 12 heteroatoms. The van der Waals surface area contributed by atoms with E-state index in [1.165, 1.54) is 4.31 Å². The number of carbonyl (C=O) groups is 1. The number of rotatable bonds is 12. The van der Waals surface area contributed by atoms with Crippen LogP contribution in [0.1, 0.15) is 25.8 Å². The van der Waals surface area contributed by atoms with E-state index < -0.39 is 40.8 Å². The summed E-state index contributed by atoms with van der Waals surface area (Å²) in [5.41, 5.74) is 0.644. The van der Waals surface area contributed by atoms with Crippen molar-refractivity contribution in [2.75, 3.05) is 19.7 Å². The third-order valence-electron chi connectivity index (χ3n) is 4.46. The van der Waals surface area contributed by atoms with Crippen molar-refractivity contribution >= 4 is 16.0 Å². The molecule has 1 unspecified atom stereocenters. The van der Waals surface area contributed by atoms with Gasteiger partial charge in [0.15, 0.2) is 6.61 Å². The smallest absolute Gasteiger partial charge is 0.489 e. The summed E-state index contributed by atoms with van der Waals surface area (Å²) in [6.07, 6.45) is -4.93. The molecule has 34 heavy (non-hydrogen) atoms. The fourth-order valence-corrected chi connectivity index (χ4v) is 4.68. The van der Waals surface area contributed by atoms with E-state index in [0.717, 1.165) is 24.3 Å². The predicted molar refractivity (Wildman–Crippen MR) is 117 cm³/mol. The molecule has 1 N–H and O–H groups in total. The van der Waals surface area contributed by atoms with E-state index in [2.05, 4.69) is 4.74 Å². The summed E-state index contributed by atoms with van der Waals surface area (Å²) < 4.78 is 79.2. The Kier molecular flexibility index (Phi) is 9.16. The lowest BCUT2D eigenvalue weighted by molar-refractivity contribution is -0.274. The standard InChI is InChI=1S/C22H26F3NO7S/c1-4-11-26(34(29,30)19-8-5-17(6-9-19)33-22(23,24)25)13-16(3)32-18-7-10-20(15(2)12-18)31-14-21(27)28/h5-10,12,16H,4,11,13-14H2,1-3H3,(H,27,28). The lowest BCUT2D eigenvalue weighted by Crippen LogP contribution is -2.39. The van der Waals surface area contributed by atoms with Gasteiger partial charge in [-0.05, 0) is 68.3 Å². The van der Waals surface area contributed by atoms with Crippen LogP contribution >= 0.6 is 0 Å². The summed E-state index contributed by atoms with van der Waals surface area (Å²) in [6, 6.07) is 8.80. The number of alkyl halides is 3. The van der Waals surface area contributed by atoms with Crippen molar-refractivity contribution in [3.63, 3.8) is 0 Å². The van der Waals surface area contributed by atoms with E-state index in [9.17, 15) is 26.4 Å². The van der Waals surface area contributed by atoms with Gasteiger partial charge in [-0.15, -0.1) is 13.2 Å². The van der Waals surface area contributed by atoms with Crippen molar-refractivity contribution in [3.05, 3.63) is 48.0 Å². The Labute approximate surface area is 195 Å². The van der Waals surface area contributed by atoms with Crippen molar-refractivity contribution in [2.24, 2.45) is 0 Å². The lowest BCUT2D eigenvalue weighted by Gasteiger charge is -2.26. The van der Waals surface area contributed by atoms with Gasteiger partial charge >= 0.3 is 12.3 Å². The molecule has 0 spiro atoms. The SMILES string of the molecule is CCCN(CC(C)Oc1ccc(OCC(=O)O)c(C)c1)S(=O)(=O)c1ccc(OC(F)(F)F)cc1. The van der Waals surface area contributed by atoms with E-state index in [0.29, 0.717) is 23.5 Å². The molecule has 0 fully saturated rings. The first-order chi connectivity index (χ1) is 15.8. The highest BCUT2D eigenvalue weighted by molar-refractivity contribution is 7.89. The van der Waals surface area contributed by atoms with Gasteiger partial charge < -0.3 is 19.3 Å². The Hall–Kier alpha value is -2.99. The molecule has 0 aliphatic heterocycles. The Morgan fingerprint density at radius 2 is 1.74 bits per heavy atom. The van der Waals surface area contributed by atoms with Gasteiger partial charge in [0.25, 0.3) is 0 Å². The number of ether oxygens (including phenoxy) is 3. The van der Waals surface area contributed by atoms with Gasteiger partial charge in [0.05, 0.1) is 11.4 Å². The topological polar surface area (TPSA) is 102 Å². The maximum Gasteiger partial charge on any atom is 0.573 e. The van der Waals surface area contributed by atoms with Gasteiger partial charge in [0, 0.05) is 6.54 Å². The first-order valence-corrected chi connectivity index (χ1v) is 11.7. The van der Waals surface area contributed by atoms with Crippen LogP contribution in [-0.4, -0.2) is 56.0 Å². The monoisotopic (exact) mass is 505 g/mol. The number of aryl methyl sites for hydroxylation is 1. The third kappa shape index (κ3) is 8.10. The van der Waals surface area contributed by atoms with Crippen LogP contribution in [0.2, 0.25) is 0 Å². The zero-order chi connectivity index (χ0) is 25.5. The van der Waals surface area contributed by atoms with Crippen molar-refractivity contribution in [3.8, 4) is 17.2 Å². The highest BCUT2D eigenvalue weighted by Gasteiger charge is 2.31. The normalized spacial score (nSPS) is 12.9. The van der Waals surface area contributed by atoms with E-state index in [-0.39, 0.29) is 18.0 Å². The molecule has 0 aromatic heterocycles. The molecule has 0 bridgehead atoms. The van der Waals surface area contributed by atoms with Crippen LogP contribution in [0.3, 0.4) is 0 Å². The maximum atomic E-state index is 13.1. The zero-order valence-electron chi connectivity index (χ0n) is 18.8. The average molecular weight is 506 g/mol. The lowest BCUT2D eigenvalue weighted by atomic mass is 10.2. The fraction of sp³-hybridized carbons (Fsp3) is 0.409. The van der Waals surface area contributed by atoms with Crippen LogP contribution in [0.5, 0.6) is 17.2 Å². The first kappa shape index (κ1) is 27.3. The minimum absolute atomic E-state index is 0.00666. The summed E-state index contributed by atoms with van der Waals surface area (Å²) in [4.78, 5) is 10.5. The van der Waals surface area contributed by atoms with Gasteiger partial charge in [0.2, 0.25) is 10.0 Å². The van der Waals surface area contributed by atoms with E-state index in [1.807, 2.05) is 0 Å². The van der Waals surface area contributed by atoms with Crippen LogP contribution < -0.4 is 14.2 Å². The fourth-order valence-electron chi connectivity index (χ4n) is 3.07. The molecule has 0 aliphatic carbocycles. The molecule has 1 atom stereocenters. The minimum atomic E-state index is -4.87. The number of nitrogens with zero attached hydrogens (tertiary/aromatic N) is 1. The number of hydrogen-bond acceptors (Lipinski definition) is 6. The number of carboxylic acids is 1. The third-order valence-corrected chi connectivity index (χ3v) is 6.34. The van der Waals surface area contributed by atoms with Crippen LogP contribution in [0, 0.1) is 6.92 Å². The summed E-state index contributed by atoms with van der Waals surface area (Å²) in [7, 11) is -4.00. The number of carboxylic acid groups (broad SMARTS) is 1. The Bertz CT molecular complexity index is 1070.